The van der Waals surface area contributed by atoms with Crippen LogP contribution in [0.5, 0.6) is 0 Å². The zero-order valence-corrected chi connectivity index (χ0v) is 14.2. The topological polar surface area (TPSA) is 69.7 Å². The fourth-order valence-electron chi connectivity index (χ4n) is 4.35. The van der Waals surface area contributed by atoms with Crippen LogP contribution in [0.25, 0.3) is 0 Å². The molecule has 0 aliphatic carbocycles. The molecule has 0 spiro atoms. The predicted molar refractivity (Wildman–Crippen MR) is 91.2 cm³/mol. The van der Waals surface area contributed by atoms with Gasteiger partial charge < -0.3 is 15.1 Å². The minimum absolute atomic E-state index is 0.00783. The Bertz CT molecular complexity index is 690. The summed E-state index contributed by atoms with van der Waals surface area (Å²) in [7, 11) is 0. The van der Waals surface area contributed by atoms with Crippen molar-refractivity contribution in [2.75, 3.05) is 13.1 Å². The van der Waals surface area contributed by atoms with E-state index in [1.165, 1.54) is 0 Å². The number of carbonyl (C=O) groups excluding carboxylic acids is 3. The van der Waals surface area contributed by atoms with Gasteiger partial charge in [0.05, 0.1) is 0 Å². The van der Waals surface area contributed by atoms with E-state index in [2.05, 4.69) is 5.32 Å². The first kappa shape index (κ1) is 16.1. The number of nitrogens with zero attached hydrogens (tertiary/aromatic N) is 2. The van der Waals surface area contributed by atoms with E-state index in [0.717, 1.165) is 18.4 Å². The molecule has 3 unspecified atom stereocenters. The van der Waals surface area contributed by atoms with Crippen LogP contribution in [0, 0.1) is 5.92 Å². The van der Waals surface area contributed by atoms with E-state index in [9.17, 15) is 14.4 Å². The van der Waals surface area contributed by atoms with Gasteiger partial charge in [-0.25, -0.2) is 0 Å². The molecule has 3 aliphatic rings. The minimum atomic E-state index is -0.583. The summed E-state index contributed by atoms with van der Waals surface area (Å²) in [5, 5.41) is 2.88. The number of fused-ring (bicyclic) bond motifs is 2. The summed E-state index contributed by atoms with van der Waals surface area (Å²) in [6.45, 7) is 1.68. The zero-order chi connectivity index (χ0) is 17.4. The van der Waals surface area contributed by atoms with Crippen molar-refractivity contribution in [2.24, 2.45) is 5.92 Å². The first-order chi connectivity index (χ1) is 12.1. The summed E-state index contributed by atoms with van der Waals surface area (Å²) in [5.74, 6) is -0.727. The monoisotopic (exact) mass is 341 g/mol. The molecule has 1 aromatic carbocycles. The molecule has 1 aromatic rings. The van der Waals surface area contributed by atoms with Crippen molar-refractivity contribution in [3.05, 3.63) is 35.9 Å². The normalized spacial score (nSPS) is 28.9. The van der Waals surface area contributed by atoms with Gasteiger partial charge in [-0.2, -0.15) is 0 Å². The van der Waals surface area contributed by atoms with Crippen LogP contribution in [-0.4, -0.2) is 52.7 Å². The molecular weight excluding hydrogens is 318 g/mol. The molecule has 132 valence electrons. The van der Waals surface area contributed by atoms with Gasteiger partial charge in [-0.15, -0.1) is 0 Å². The van der Waals surface area contributed by atoms with Crippen LogP contribution in [0.3, 0.4) is 0 Å². The molecule has 3 heterocycles. The maximum atomic E-state index is 13.1. The molecule has 3 aliphatic heterocycles. The van der Waals surface area contributed by atoms with E-state index in [1.54, 1.807) is 4.90 Å². The highest BCUT2D eigenvalue weighted by Crippen LogP contribution is 2.32. The van der Waals surface area contributed by atoms with Crippen LogP contribution < -0.4 is 5.32 Å². The highest BCUT2D eigenvalue weighted by Gasteiger charge is 2.46. The second-order valence-corrected chi connectivity index (χ2v) is 7.23. The number of carbonyl (C=O) groups is 3. The molecule has 0 aromatic heterocycles. The lowest BCUT2D eigenvalue weighted by molar-refractivity contribution is -0.145. The van der Waals surface area contributed by atoms with Crippen LogP contribution >= 0.6 is 0 Å². The number of amides is 3. The van der Waals surface area contributed by atoms with E-state index < -0.39 is 5.92 Å². The van der Waals surface area contributed by atoms with Crippen molar-refractivity contribution < 1.29 is 14.4 Å². The zero-order valence-electron chi connectivity index (χ0n) is 14.2. The van der Waals surface area contributed by atoms with Gasteiger partial charge in [0.15, 0.2) is 0 Å². The molecule has 3 saturated heterocycles. The summed E-state index contributed by atoms with van der Waals surface area (Å²) in [4.78, 5) is 41.2. The van der Waals surface area contributed by atoms with E-state index >= 15 is 0 Å². The Morgan fingerprint density at radius 1 is 1.08 bits per heavy atom. The Balaban J connectivity index is 1.46. The third-order valence-corrected chi connectivity index (χ3v) is 5.64. The van der Waals surface area contributed by atoms with Gasteiger partial charge in [0, 0.05) is 38.1 Å². The maximum Gasteiger partial charge on any atom is 0.235 e. The molecule has 3 atom stereocenters. The Labute approximate surface area is 147 Å². The molecule has 4 rings (SSSR count). The molecular formula is C19H23N3O3. The molecule has 0 radical (unpaired) electrons. The third-order valence-electron chi connectivity index (χ3n) is 5.64. The van der Waals surface area contributed by atoms with Gasteiger partial charge in [-0.1, -0.05) is 30.3 Å². The van der Waals surface area contributed by atoms with Crippen molar-refractivity contribution in [1.82, 2.24) is 15.1 Å². The summed E-state index contributed by atoms with van der Waals surface area (Å²) < 4.78 is 0. The molecule has 3 fully saturated rings. The number of nitrogens with one attached hydrogen (secondary N) is 1. The average Bonchev–Trinajstić information content (AvgIpc) is 3.11. The Morgan fingerprint density at radius 2 is 1.84 bits per heavy atom. The van der Waals surface area contributed by atoms with E-state index in [4.69, 9.17) is 0 Å². The van der Waals surface area contributed by atoms with Gasteiger partial charge in [0.1, 0.15) is 5.92 Å². The number of hydrogen-bond acceptors (Lipinski definition) is 3. The van der Waals surface area contributed by atoms with Crippen molar-refractivity contribution in [1.29, 1.82) is 0 Å². The van der Waals surface area contributed by atoms with Crippen molar-refractivity contribution >= 4 is 17.7 Å². The first-order valence-electron chi connectivity index (χ1n) is 9.05. The SMILES string of the molecule is O=C1CC2CCC(CN1)N2C(=O)C1CCN(Cc2ccccc2)C1=O. The standard InChI is InChI=1S/C19H23N3O3/c23-17-10-14-6-7-15(11-20-17)22(14)19(25)16-8-9-21(18(16)24)12-13-4-2-1-3-5-13/h1-5,14-16H,6-12H2,(H,20,23). The number of rotatable bonds is 3. The highest BCUT2D eigenvalue weighted by atomic mass is 16.2. The van der Waals surface area contributed by atoms with Gasteiger partial charge in [0.2, 0.25) is 17.7 Å². The van der Waals surface area contributed by atoms with Gasteiger partial charge >= 0.3 is 0 Å². The number of benzene rings is 1. The molecule has 25 heavy (non-hydrogen) atoms. The lowest BCUT2D eigenvalue weighted by atomic mass is 10.0. The summed E-state index contributed by atoms with van der Waals surface area (Å²) in [6, 6.07) is 9.85. The van der Waals surface area contributed by atoms with Crippen LogP contribution in [-0.2, 0) is 20.9 Å². The van der Waals surface area contributed by atoms with E-state index in [-0.39, 0.29) is 29.8 Å². The van der Waals surface area contributed by atoms with Crippen molar-refractivity contribution in [3.8, 4) is 0 Å². The van der Waals surface area contributed by atoms with E-state index in [0.29, 0.717) is 32.5 Å². The van der Waals surface area contributed by atoms with Gasteiger partial charge in [-0.05, 0) is 24.8 Å². The largest absolute Gasteiger partial charge is 0.354 e. The minimum Gasteiger partial charge on any atom is -0.354 e. The Hall–Kier alpha value is -2.37. The maximum absolute atomic E-state index is 13.1. The molecule has 6 heteroatoms. The van der Waals surface area contributed by atoms with Crippen LogP contribution in [0.2, 0.25) is 0 Å². The van der Waals surface area contributed by atoms with Crippen LogP contribution in [0.4, 0.5) is 0 Å². The Morgan fingerprint density at radius 3 is 2.64 bits per heavy atom. The number of likely N-dealkylation sites (tertiary alicyclic amines) is 1. The summed E-state index contributed by atoms with van der Waals surface area (Å²) in [6.07, 6.45) is 2.70. The van der Waals surface area contributed by atoms with Crippen LogP contribution in [0.15, 0.2) is 30.3 Å². The summed E-state index contributed by atoms with van der Waals surface area (Å²) in [5.41, 5.74) is 1.08. The molecule has 2 bridgehead atoms. The van der Waals surface area contributed by atoms with Crippen molar-refractivity contribution in [3.63, 3.8) is 0 Å². The lowest BCUT2D eigenvalue weighted by Crippen LogP contribution is -2.47. The fourth-order valence-corrected chi connectivity index (χ4v) is 4.35. The van der Waals surface area contributed by atoms with Gasteiger partial charge in [-0.3, -0.25) is 14.4 Å². The quantitative estimate of drug-likeness (QED) is 0.831. The molecule has 3 amide bonds. The smallest absolute Gasteiger partial charge is 0.235 e. The molecule has 6 nitrogen and oxygen atoms in total. The fraction of sp³-hybridized carbons (Fsp3) is 0.526. The highest BCUT2D eigenvalue weighted by molar-refractivity contribution is 6.02. The number of hydrogen-bond donors (Lipinski definition) is 1. The van der Waals surface area contributed by atoms with Crippen molar-refractivity contribution in [2.45, 2.75) is 44.3 Å². The second kappa shape index (κ2) is 6.50. The molecule has 1 N–H and O–H groups in total. The summed E-state index contributed by atoms with van der Waals surface area (Å²) >= 11 is 0. The average molecular weight is 341 g/mol. The van der Waals surface area contributed by atoms with Gasteiger partial charge in [0.25, 0.3) is 0 Å². The van der Waals surface area contributed by atoms with E-state index in [1.807, 2.05) is 35.2 Å². The first-order valence-corrected chi connectivity index (χ1v) is 9.05. The third kappa shape index (κ3) is 3.01. The van der Waals surface area contributed by atoms with Crippen LogP contribution in [0.1, 0.15) is 31.2 Å². The lowest BCUT2D eigenvalue weighted by Gasteiger charge is -2.29. The Kier molecular flexibility index (Phi) is 4.19. The molecule has 0 saturated carbocycles. The second-order valence-electron chi connectivity index (χ2n) is 7.23. The predicted octanol–water partition coefficient (Wildman–Crippen LogP) is 0.915.